The van der Waals surface area contributed by atoms with Crippen LogP contribution < -0.4 is 10.1 Å². The number of nitrogens with zero attached hydrogens (tertiary/aromatic N) is 3. The van der Waals surface area contributed by atoms with Gasteiger partial charge >= 0.3 is 11.9 Å². The van der Waals surface area contributed by atoms with E-state index in [2.05, 4.69) is 50.5 Å². The van der Waals surface area contributed by atoms with Gasteiger partial charge in [0.2, 0.25) is 0 Å². The largest absolute Gasteiger partial charge is 0.494 e. The number of unbranched alkanes of at least 4 members (excludes halogenated alkanes) is 21. The molecule has 2 aromatic rings. The molecule has 0 radical (unpaired) electrons. The minimum absolute atomic E-state index is 0.0138. The monoisotopic (exact) mass is 850 g/mol. The fourth-order valence-corrected chi connectivity index (χ4v) is 7.10. The van der Waals surface area contributed by atoms with E-state index in [0.29, 0.717) is 30.2 Å². The van der Waals surface area contributed by atoms with Crippen molar-refractivity contribution in [2.75, 3.05) is 47.5 Å². The number of nitrogens with one attached hydrogen (secondary N) is 1. The molecule has 1 amide bonds. The summed E-state index contributed by atoms with van der Waals surface area (Å²) < 4.78 is 18.0. The van der Waals surface area contributed by atoms with E-state index < -0.39 is 17.9 Å². The van der Waals surface area contributed by atoms with Crippen LogP contribution in [-0.2, 0) is 19.1 Å². The highest BCUT2D eigenvalue weighted by molar-refractivity contribution is 5.97. The summed E-state index contributed by atoms with van der Waals surface area (Å²) in [6.07, 6.45) is 28.6. The van der Waals surface area contributed by atoms with Crippen molar-refractivity contribution >= 4 is 29.2 Å². The Morgan fingerprint density at radius 1 is 0.541 bits per heavy atom. The number of benzene rings is 2. The Morgan fingerprint density at radius 3 is 1.46 bits per heavy atom. The number of carbonyl (C=O) groups is 3. The lowest BCUT2D eigenvalue weighted by molar-refractivity contribution is -0.870. The van der Waals surface area contributed by atoms with Crippen molar-refractivity contribution in [3.05, 3.63) is 54.1 Å². The second-order valence-corrected chi connectivity index (χ2v) is 17.8. The first-order valence-electron chi connectivity index (χ1n) is 24.3. The molecule has 2 aromatic carbocycles. The molecule has 1 atom stereocenters. The molecule has 10 heteroatoms. The lowest BCUT2D eigenvalue weighted by Crippen LogP contribution is -2.42. The highest BCUT2D eigenvalue weighted by Gasteiger charge is 2.24. The van der Waals surface area contributed by atoms with Crippen molar-refractivity contribution in [1.82, 2.24) is 5.32 Å². The number of rotatable bonds is 38. The van der Waals surface area contributed by atoms with Gasteiger partial charge < -0.3 is 24.0 Å². The molecule has 0 fully saturated rings. The zero-order valence-corrected chi connectivity index (χ0v) is 39.2. The highest BCUT2D eigenvalue weighted by Crippen LogP contribution is 2.22. The Hall–Kier alpha value is -3.79. The maximum atomic E-state index is 13.3. The lowest BCUT2D eigenvalue weighted by Gasteiger charge is -2.23. The van der Waals surface area contributed by atoms with Gasteiger partial charge in [-0.05, 0) is 93.5 Å². The average Bonchev–Trinajstić information content (AvgIpc) is 3.25. The van der Waals surface area contributed by atoms with Crippen LogP contribution in [0.4, 0.5) is 11.4 Å². The molecule has 0 heterocycles. The van der Waals surface area contributed by atoms with E-state index in [-0.39, 0.29) is 25.4 Å². The van der Waals surface area contributed by atoms with Gasteiger partial charge in [0.25, 0.3) is 5.91 Å². The molecule has 344 valence electrons. The van der Waals surface area contributed by atoms with Crippen LogP contribution in [0.3, 0.4) is 0 Å². The summed E-state index contributed by atoms with van der Waals surface area (Å²) in [7, 11) is 6.68. The Kier molecular flexibility index (Phi) is 30.4. The van der Waals surface area contributed by atoms with E-state index in [1.807, 2.05) is 24.3 Å². The topological polar surface area (TPSA) is 116 Å². The predicted octanol–water partition coefficient (Wildman–Crippen LogP) is 13.6. The fraction of sp³-hybridized carbons (Fsp3) is 0.706. The van der Waals surface area contributed by atoms with Crippen LogP contribution in [0.25, 0.3) is 0 Å². The normalized spacial score (nSPS) is 12.1. The standard InChI is InChI=1S/C51H84N4O6/c1-6-8-10-12-14-16-18-20-23-28-42-60-49(56)39-38-48(51(58)61-43-29-24-21-19-17-15-13-11-9-7-2)52-50(57)44-30-32-45(33-31-44)53-54-46-34-36-47(37-35-46)59-41-27-25-22-26-40-55(3,4)5/h30-37,48H,6-29,38-43H2,1-5H3/p+1. The Morgan fingerprint density at radius 2 is 0.967 bits per heavy atom. The highest BCUT2D eigenvalue weighted by atomic mass is 16.5. The van der Waals surface area contributed by atoms with Crippen molar-refractivity contribution in [3.8, 4) is 5.75 Å². The van der Waals surface area contributed by atoms with Crippen LogP contribution in [0, 0.1) is 0 Å². The van der Waals surface area contributed by atoms with Crippen LogP contribution in [-0.4, -0.2) is 75.9 Å². The van der Waals surface area contributed by atoms with Crippen LogP contribution in [0.5, 0.6) is 5.75 Å². The number of ether oxygens (including phenoxy) is 3. The lowest BCUT2D eigenvalue weighted by atomic mass is 10.1. The third-order valence-corrected chi connectivity index (χ3v) is 11.0. The average molecular weight is 850 g/mol. The molecule has 0 aromatic heterocycles. The number of amides is 1. The molecule has 0 saturated heterocycles. The molecule has 2 rings (SSSR count). The van der Waals surface area contributed by atoms with Gasteiger partial charge in [0, 0.05) is 12.0 Å². The summed E-state index contributed by atoms with van der Waals surface area (Å²) >= 11 is 0. The van der Waals surface area contributed by atoms with Crippen molar-refractivity contribution in [3.63, 3.8) is 0 Å². The molecule has 1 unspecified atom stereocenters. The van der Waals surface area contributed by atoms with Gasteiger partial charge in [-0.3, -0.25) is 9.59 Å². The first-order valence-corrected chi connectivity index (χ1v) is 24.3. The van der Waals surface area contributed by atoms with E-state index in [9.17, 15) is 14.4 Å². The van der Waals surface area contributed by atoms with Crippen molar-refractivity contribution in [1.29, 1.82) is 0 Å². The van der Waals surface area contributed by atoms with E-state index in [1.54, 1.807) is 24.3 Å². The van der Waals surface area contributed by atoms with Gasteiger partial charge in [0.15, 0.2) is 0 Å². The summed E-state index contributed by atoms with van der Waals surface area (Å²) in [5, 5.41) is 11.5. The van der Waals surface area contributed by atoms with Crippen molar-refractivity contribution < 1.29 is 33.1 Å². The predicted molar refractivity (Wildman–Crippen MR) is 250 cm³/mol. The molecule has 0 bridgehead atoms. The molecular weight excluding hydrogens is 765 g/mol. The van der Waals surface area contributed by atoms with Gasteiger partial charge in [-0.1, -0.05) is 129 Å². The molecule has 0 aliphatic rings. The van der Waals surface area contributed by atoms with Gasteiger partial charge in [0.1, 0.15) is 11.8 Å². The van der Waals surface area contributed by atoms with E-state index in [1.165, 1.54) is 109 Å². The Labute approximate surface area is 371 Å². The van der Waals surface area contributed by atoms with Crippen LogP contribution >= 0.6 is 0 Å². The molecule has 0 spiro atoms. The summed E-state index contributed by atoms with van der Waals surface area (Å²) in [5.41, 5.74) is 1.64. The number of hydrogen-bond donors (Lipinski definition) is 1. The summed E-state index contributed by atoms with van der Waals surface area (Å²) in [6, 6.07) is 13.3. The Balaban J connectivity index is 1.82. The first kappa shape index (κ1) is 53.3. The van der Waals surface area contributed by atoms with Crippen molar-refractivity contribution in [2.24, 2.45) is 10.2 Å². The number of hydrogen-bond acceptors (Lipinski definition) is 8. The number of carbonyl (C=O) groups excluding carboxylic acids is 3. The molecule has 0 aliphatic heterocycles. The van der Waals surface area contributed by atoms with E-state index in [4.69, 9.17) is 14.2 Å². The van der Waals surface area contributed by atoms with Gasteiger partial charge in [-0.25, -0.2) is 4.79 Å². The molecule has 61 heavy (non-hydrogen) atoms. The maximum Gasteiger partial charge on any atom is 0.328 e. The van der Waals surface area contributed by atoms with Crippen LogP contribution in [0.1, 0.15) is 191 Å². The molecule has 1 N–H and O–H groups in total. The third kappa shape index (κ3) is 29.2. The van der Waals surface area contributed by atoms with E-state index in [0.717, 1.165) is 61.6 Å². The zero-order valence-electron chi connectivity index (χ0n) is 39.2. The minimum atomic E-state index is -0.968. The van der Waals surface area contributed by atoms with Crippen molar-refractivity contribution in [2.45, 2.75) is 187 Å². The molecule has 0 aliphatic carbocycles. The Bertz CT molecular complexity index is 1440. The maximum absolute atomic E-state index is 13.3. The van der Waals surface area contributed by atoms with Gasteiger partial charge in [-0.2, -0.15) is 10.2 Å². The van der Waals surface area contributed by atoms with Crippen LogP contribution in [0.2, 0.25) is 0 Å². The van der Waals surface area contributed by atoms with Crippen LogP contribution in [0.15, 0.2) is 58.8 Å². The first-order chi connectivity index (χ1) is 29.6. The number of esters is 2. The smallest absolute Gasteiger partial charge is 0.328 e. The second-order valence-electron chi connectivity index (χ2n) is 17.8. The number of azo groups is 1. The molecule has 0 saturated carbocycles. The minimum Gasteiger partial charge on any atom is -0.494 e. The summed E-state index contributed by atoms with van der Waals surface area (Å²) in [5.74, 6) is -0.517. The van der Waals surface area contributed by atoms with E-state index >= 15 is 0 Å². The quantitative estimate of drug-likeness (QED) is 0.0311. The zero-order chi connectivity index (χ0) is 44.2. The summed E-state index contributed by atoms with van der Waals surface area (Å²) in [6.45, 7) is 7.02. The SMILES string of the molecule is CCCCCCCCCCCCOC(=O)CCC(NC(=O)c1ccc(N=Nc2ccc(OCCCCCC[N+](C)(C)C)cc2)cc1)C(=O)OCCCCCCCCCCCC. The second kappa shape index (κ2) is 34.8. The molecule has 10 nitrogen and oxygen atoms in total. The number of quaternary nitrogens is 1. The van der Waals surface area contributed by atoms with Gasteiger partial charge in [-0.15, -0.1) is 0 Å². The molecular formula is C51H85N4O6+. The third-order valence-electron chi connectivity index (χ3n) is 11.0. The van der Waals surface area contributed by atoms with Gasteiger partial charge in [0.05, 0.1) is 58.9 Å². The summed E-state index contributed by atoms with van der Waals surface area (Å²) in [4.78, 5) is 39.2. The fourth-order valence-electron chi connectivity index (χ4n) is 7.10.